The molecule has 140 valence electrons. The summed E-state index contributed by atoms with van der Waals surface area (Å²) in [6.07, 6.45) is 0. The summed E-state index contributed by atoms with van der Waals surface area (Å²) in [6, 6.07) is 0. The molecule has 0 aromatic rings. The first-order valence-electron chi connectivity index (χ1n) is 7.84. The van der Waals surface area contributed by atoms with Crippen LogP contribution in [0.5, 0.6) is 0 Å². The van der Waals surface area contributed by atoms with Crippen LogP contribution in [0.25, 0.3) is 0 Å². The summed E-state index contributed by atoms with van der Waals surface area (Å²) in [5.41, 5.74) is 0. The molecule has 1 aliphatic rings. The van der Waals surface area contributed by atoms with Crippen LogP contribution in [0, 0.1) is 0 Å². The van der Waals surface area contributed by atoms with Crippen molar-refractivity contribution in [1.29, 1.82) is 0 Å². The standard InChI is InChI=1S/C10H26O9Si5/c1-7-11-22(12-8-2)17-23(13-9-3,15-20-5)19-24(18-22,14-10-4)16-21-6/h7-10H2,1-6H3. The summed E-state index contributed by atoms with van der Waals surface area (Å²) in [4.78, 5) is 0. The molecule has 1 aliphatic heterocycles. The molecule has 9 nitrogen and oxygen atoms in total. The maximum atomic E-state index is 6.00. The Labute approximate surface area is 152 Å². The molecule has 0 amide bonds. The second-order valence-corrected chi connectivity index (χ2v) is 13.2. The normalized spacial score (nSPS) is 29.8. The first-order chi connectivity index (χ1) is 11.5. The second-order valence-electron chi connectivity index (χ2n) is 4.15. The van der Waals surface area contributed by atoms with Gasteiger partial charge in [-0.1, -0.05) is 0 Å². The fraction of sp³-hybridized carbons (Fsp3) is 1.00. The first kappa shape index (κ1) is 22.8. The van der Waals surface area contributed by atoms with E-state index < -0.39 is 27.1 Å². The first-order valence-corrected chi connectivity index (χ1v) is 15.6. The van der Waals surface area contributed by atoms with Crippen molar-refractivity contribution in [3.63, 3.8) is 0 Å². The Morgan fingerprint density at radius 2 is 0.875 bits per heavy atom. The van der Waals surface area contributed by atoms with E-state index in [2.05, 4.69) is 0 Å². The third-order valence-corrected chi connectivity index (χ3v) is 14.7. The number of rotatable bonds is 12. The van der Waals surface area contributed by atoms with E-state index in [1.165, 1.54) is 0 Å². The molecule has 0 N–H and O–H groups in total. The van der Waals surface area contributed by atoms with E-state index in [1.807, 2.05) is 40.8 Å². The van der Waals surface area contributed by atoms with Gasteiger partial charge in [-0.25, -0.2) is 0 Å². The smallest absolute Gasteiger partial charge is 0.394 e. The fourth-order valence-corrected chi connectivity index (χ4v) is 15.2. The second kappa shape index (κ2) is 10.8. The van der Waals surface area contributed by atoms with E-state index in [9.17, 15) is 0 Å². The lowest BCUT2D eigenvalue weighted by molar-refractivity contribution is -0.0830. The molecule has 2 atom stereocenters. The van der Waals surface area contributed by atoms with Crippen LogP contribution >= 0.6 is 0 Å². The van der Waals surface area contributed by atoms with E-state index in [0.29, 0.717) is 26.4 Å². The Kier molecular flexibility index (Phi) is 10.2. The molecule has 2 unspecified atom stereocenters. The zero-order valence-corrected chi connectivity index (χ0v) is 20.0. The third-order valence-electron chi connectivity index (χ3n) is 2.49. The van der Waals surface area contributed by atoms with Crippen molar-refractivity contribution in [3.05, 3.63) is 0 Å². The van der Waals surface area contributed by atoms with Crippen molar-refractivity contribution in [2.45, 2.75) is 40.8 Å². The zero-order valence-electron chi connectivity index (χ0n) is 15.0. The number of hydrogen-bond donors (Lipinski definition) is 0. The summed E-state index contributed by atoms with van der Waals surface area (Å²) < 4.78 is 52.6. The molecule has 1 saturated heterocycles. The summed E-state index contributed by atoms with van der Waals surface area (Å²) >= 11 is 0. The molecule has 4 radical (unpaired) electrons. The molecule has 14 heteroatoms. The maximum Gasteiger partial charge on any atom is 0.668 e. The van der Waals surface area contributed by atoms with Gasteiger partial charge in [0.05, 0.1) is 0 Å². The Hall–Kier alpha value is 0.724. The highest BCUT2D eigenvalue weighted by Gasteiger charge is 2.74. The largest absolute Gasteiger partial charge is 0.668 e. The van der Waals surface area contributed by atoms with E-state index in [1.54, 1.807) is 0 Å². The van der Waals surface area contributed by atoms with Crippen molar-refractivity contribution >= 4 is 46.7 Å². The van der Waals surface area contributed by atoms with Crippen LogP contribution in [0.2, 0.25) is 13.1 Å². The molecule has 24 heavy (non-hydrogen) atoms. The highest BCUT2D eigenvalue weighted by molar-refractivity contribution is 6.85. The lowest BCUT2D eigenvalue weighted by Gasteiger charge is -2.45. The van der Waals surface area contributed by atoms with Crippen LogP contribution in [0.4, 0.5) is 0 Å². The molecule has 0 aromatic heterocycles. The van der Waals surface area contributed by atoms with Gasteiger partial charge in [-0.05, 0) is 40.8 Å². The van der Waals surface area contributed by atoms with E-state index in [-0.39, 0.29) is 19.5 Å². The minimum atomic E-state index is -3.60. The van der Waals surface area contributed by atoms with Gasteiger partial charge in [0.1, 0.15) is 0 Å². The molecule has 0 saturated carbocycles. The van der Waals surface area contributed by atoms with Gasteiger partial charge in [0.15, 0.2) is 0 Å². The SMILES string of the molecule is CCO[Si]1(OCC)O[Si](OCC)(O[Si]C)O[Si](OCC)(O[Si]C)O1. The summed E-state index contributed by atoms with van der Waals surface area (Å²) in [5, 5.41) is 0. The third kappa shape index (κ3) is 5.88. The van der Waals surface area contributed by atoms with Gasteiger partial charge < -0.3 is 38.3 Å². The summed E-state index contributed by atoms with van der Waals surface area (Å²) in [6.45, 7) is 12.4. The van der Waals surface area contributed by atoms with Crippen LogP contribution in [-0.4, -0.2) is 73.1 Å². The van der Waals surface area contributed by atoms with Crippen LogP contribution in [0.15, 0.2) is 0 Å². The van der Waals surface area contributed by atoms with E-state index >= 15 is 0 Å². The van der Waals surface area contributed by atoms with Crippen LogP contribution in [-0.2, 0) is 38.3 Å². The molecule has 1 rings (SSSR count). The lowest BCUT2D eigenvalue weighted by Crippen LogP contribution is -2.76. The van der Waals surface area contributed by atoms with Gasteiger partial charge in [0.2, 0.25) is 19.5 Å². The zero-order chi connectivity index (χ0) is 18.1. The van der Waals surface area contributed by atoms with Gasteiger partial charge in [0.25, 0.3) is 0 Å². The lowest BCUT2D eigenvalue weighted by atomic mass is 10.9. The highest BCUT2D eigenvalue weighted by atomic mass is 28.6. The Morgan fingerprint density at radius 3 is 1.17 bits per heavy atom. The van der Waals surface area contributed by atoms with Crippen molar-refractivity contribution in [2.75, 3.05) is 26.4 Å². The Morgan fingerprint density at radius 1 is 0.583 bits per heavy atom. The van der Waals surface area contributed by atoms with Gasteiger partial charge >= 0.3 is 27.1 Å². The molecule has 0 bridgehead atoms. The van der Waals surface area contributed by atoms with Crippen molar-refractivity contribution in [2.24, 2.45) is 0 Å². The van der Waals surface area contributed by atoms with Gasteiger partial charge in [-0.15, -0.1) is 0 Å². The molecule has 0 spiro atoms. The Balaban J connectivity index is 3.29. The van der Waals surface area contributed by atoms with E-state index in [4.69, 9.17) is 38.3 Å². The summed E-state index contributed by atoms with van der Waals surface area (Å²) in [7, 11) is -10.6. The monoisotopic (exact) mass is 430 g/mol. The van der Waals surface area contributed by atoms with Crippen LogP contribution in [0.3, 0.4) is 0 Å². The summed E-state index contributed by atoms with van der Waals surface area (Å²) in [5.74, 6) is 0. The van der Waals surface area contributed by atoms with Crippen molar-refractivity contribution in [1.82, 2.24) is 0 Å². The average Bonchev–Trinajstić information content (AvgIpc) is 2.48. The molecule has 1 heterocycles. The molecular weight excluding hydrogens is 405 g/mol. The molecule has 1 fully saturated rings. The minimum Gasteiger partial charge on any atom is -0.394 e. The van der Waals surface area contributed by atoms with Crippen LogP contribution < -0.4 is 0 Å². The molecular formula is C10H26O9Si5. The predicted molar refractivity (Wildman–Crippen MR) is 92.4 cm³/mol. The van der Waals surface area contributed by atoms with Crippen LogP contribution in [0.1, 0.15) is 27.7 Å². The van der Waals surface area contributed by atoms with Crippen molar-refractivity contribution in [3.8, 4) is 0 Å². The van der Waals surface area contributed by atoms with E-state index in [0.717, 1.165) is 0 Å². The average molecular weight is 431 g/mol. The highest BCUT2D eigenvalue weighted by Crippen LogP contribution is 2.34. The topological polar surface area (TPSA) is 83.1 Å². The predicted octanol–water partition coefficient (Wildman–Crippen LogP) is 0.870. The maximum absolute atomic E-state index is 6.00. The van der Waals surface area contributed by atoms with Gasteiger partial charge in [0, 0.05) is 26.4 Å². The molecule has 0 aromatic carbocycles. The minimum absolute atomic E-state index is 0.0856. The molecule has 0 aliphatic carbocycles. The van der Waals surface area contributed by atoms with Gasteiger partial charge in [-0.3, -0.25) is 0 Å². The Bertz CT molecular complexity index is 281. The van der Waals surface area contributed by atoms with Gasteiger partial charge in [-0.2, -0.15) is 0 Å². The number of hydrogen-bond acceptors (Lipinski definition) is 9. The van der Waals surface area contributed by atoms with Crippen molar-refractivity contribution < 1.29 is 38.3 Å². The fourth-order valence-electron chi connectivity index (χ4n) is 1.90. The quantitative estimate of drug-likeness (QED) is 0.419.